The highest BCUT2D eigenvalue weighted by Gasteiger charge is 1.98. The zero-order valence-corrected chi connectivity index (χ0v) is 6.29. The van der Waals surface area contributed by atoms with E-state index < -0.39 is 5.91 Å². The Bertz CT molecular complexity index is 204. The number of nitrogens with two attached hydrogens (primary N) is 2. The van der Waals surface area contributed by atoms with Gasteiger partial charge in [-0.05, 0) is 0 Å². The number of rotatable bonds is 4. The molecule has 1 amide bonds. The van der Waals surface area contributed by atoms with Gasteiger partial charge in [0.2, 0.25) is 5.91 Å². The van der Waals surface area contributed by atoms with Crippen LogP contribution >= 0.6 is 0 Å². The minimum absolute atomic E-state index is 0.164. The van der Waals surface area contributed by atoms with Crippen molar-refractivity contribution in [1.29, 1.82) is 0 Å². The molecular weight excluding hydrogens is 140 g/mol. The van der Waals surface area contributed by atoms with Crippen LogP contribution in [0.25, 0.3) is 0 Å². The third kappa shape index (κ3) is 4.11. The molecule has 0 aromatic rings. The van der Waals surface area contributed by atoms with Crippen molar-refractivity contribution in [2.45, 2.75) is 0 Å². The molecule has 0 aliphatic rings. The quantitative estimate of drug-likeness (QED) is 0.443. The van der Waals surface area contributed by atoms with Gasteiger partial charge in [-0.3, -0.25) is 4.79 Å². The number of carbonyl (C=O) groups excluding carboxylic acids is 1. The van der Waals surface area contributed by atoms with Gasteiger partial charge in [-0.25, -0.2) is 0 Å². The van der Waals surface area contributed by atoms with Crippen molar-refractivity contribution in [2.24, 2.45) is 11.5 Å². The van der Waals surface area contributed by atoms with Gasteiger partial charge in [0.1, 0.15) is 0 Å². The predicted molar refractivity (Wildman–Crippen MR) is 45.7 cm³/mol. The molecule has 0 aliphatic heterocycles. The fourth-order valence-electron chi connectivity index (χ4n) is 0.501. The molecule has 4 N–H and O–H groups in total. The van der Waals surface area contributed by atoms with Gasteiger partial charge in [-0.2, -0.15) is 0 Å². The molecule has 0 saturated carbocycles. The first kappa shape index (κ1) is 9.65. The summed E-state index contributed by atoms with van der Waals surface area (Å²) in [5.41, 5.74) is 10.6. The summed E-state index contributed by atoms with van der Waals surface area (Å²) < 4.78 is 0. The van der Waals surface area contributed by atoms with E-state index in [0.717, 1.165) is 0 Å². The maximum atomic E-state index is 10.5. The molecule has 0 aliphatic carbocycles. The SMILES string of the molecule is C=C/C=C\C=C(/CN)C(N)=O. The maximum absolute atomic E-state index is 10.5. The Kier molecular flexibility index (Phi) is 4.77. The first-order valence-corrected chi connectivity index (χ1v) is 3.20. The fourth-order valence-corrected chi connectivity index (χ4v) is 0.501. The van der Waals surface area contributed by atoms with E-state index >= 15 is 0 Å². The van der Waals surface area contributed by atoms with E-state index in [9.17, 15) is 4.79 Å². The summed E-state index contributed by atoms with van der Waals surface area (Å²) in [4.78, 5) is 10.5. The number of hydrogen-bond donors (Lipinski definition) is 2. The number of allylic oxidation sites excluding steroid dienone is 4. The summed E-state index contributed by atoms with van der Waals surface area (Å²) in [6, 6.07) is 0. The predicted octanol–water partition coefficient (Wildman–Crippen LogP) is 0.0990. The van der Waals surface area contributed by atoms with E-state index in [0.29, 0.717) is 5.57 Å². The molecule has 11 heavy (non-hydrogen) atoms. The zero-order chi connectivity index (χ0) is 8.69. The third-order valence-electron chi connectivity index (χ3n) is 1.08. The van der Waals surface area contributed by atoms with E-state index in [4.69, 9.17) is 11.5 Å². The largest absolute Gasteiger partial charge is 0.366 e. The van der Waals surface area contributed by atoms with Gasteiger partial charge in [0.25, 0.3) is 0 Å². The summed E-state index contributed by atoms with van der Waals surface area (Å²) in [7, 11) is 0. The molecule has 0 unspecified atom stereocenters. The van der Waals surface area contributed by atoms with E-state index in [1.807, 2.05) is 0 Å². The Morgan fingerprint density at radius 1 is 1.45 bits per heavy atom. The molecule has 0 aromatic heterocycles. The molecule has 0 saturated heterocycles. The monoisotopic (exact) mass is 152 g/mol. The zero-order valence-electron chi connectivity index (χ0n) is 6.29. The Morgan fingerprint density at radius 3 is 2.45 bits per heavy atom. The topological polar surface area (TPSA) is 69.1 Å². The van der Waals surface area contributed by atoms with Crippen molar-refractivity contribution in [3.05, 3.63) is 36.5 Å². The standard InChI is InChI=1S/C8H12N2O/c1-2-3-4-5-7(6-9)8(10)11/h2-5H,1,6,9H2,(H2,10,11)/b4-3-,7-5+. The highest BCUT2D eigenvalue weighted by Crippen LogP contribution is 1.90. The second kappa shape index (κ2) is 5.44. The lowest BCUT2D eigenvalue weighted by Crippen LogP contribution is -2.20. The minimum atomic E-state index is -0.485. The highest BCUT2D eigenvalue weighted by molar-refractivity contribution is 5.92. The van der Waals surface area contributed by atoms with E-state index in [2.05, 4.69) is 6.58 Å². The van der Waals surface area contributed by atoms with Crippen molar-refractivity contribution in [3.8, 4) is 0 Å². The van der Waals surface area contributed by atoms with Crippen LogP contribution in [0.2, 0.25) is 0 Å². The lowest BCUT2D eigenvalue weighted by molar-refractivity contribution is -0.114. The van der Waals surface area contributed by atoms with Crippen LogP contribution in [0.1, 0.15) is 0 Å². The summed E-state index contributed by atoms with van der Waals surface area (Å²) in [5.74, 6) is -0.485. The smallest absolute Gasteiger partial charge is 0.245 e. The lowest BCUT2D eigenvalue weighted by atomic mass is 10.2. The average molecular weight is 152 g/mol. The molecule has 60 valence electrons. The second-order valence-electron chi connectivity index (χ2n) is 1.88. The van der Waals surface area contributed by atoms with Gasteiger partial charge >= 0.3 is 0 Å². The molecule has 0 spiro atoms. The number of carbonyl (C=O) groups is 1. The van der Waals surface area contributed by atoms with Crippen molar-refractivity contribution in [2.75, 3.05) is 6.54 Å². The molecule has 0 bridgehead atoms. The molecule has 0 atom stereocenters. The van der Waals surface area contributed by atoms with Crippen molar-refractivity contribution < 1.29 is 4.79 Å². The van der Waals surface area contributed by atoms with Gasteiger partial charge in [0.05, 0.1) is 0 Å². The minimum Gasteiger partial charge on any atom is -0.366 e. The lowest BCUT2D eigenvalue weighted by Gasteiger charge is -1.93. The van der Waals surface area contributed by atoms with Crippen LogP contribution in [-0.4, -0.2) is 12.5 Å². The van der Waals surface area contributed by atoms with Crippen LogP contribution in [0, 0.1) is 0 Å². The normalized spacial score (nSPS) is 11.9. The summed E-state index contributed by atoms with van der Waals surface area (Å²) in [6.07, 6.45) is 6.54. The Balaban J connectivity index is 4.23. The second-order valence-corrected chi connectivity index (χ2v) is 1.88. The highest BCUT2D eigenvalue weighted by atomic mass is 16.1. The molecule has 3 heteroatoms. The van der Waals surface area contributed by atoms with Crippen LogP contribution in [0.5, 0.6) is 0 Å². The summed E-state index contributed by atoms with van der Waals surface area (Å²) in [5, 5.41) is 0. The average Bonchev–Trinajstić information content (AvgIpc) is 1.97. The van der Waals surface area contributed by atoms with Crippen molar-refractivity contribution in [3.63, 3.8) is 0 Å². The number of amides is 1. The van der Waals surface area contributed by atoms with Crippen molar-refractivity contribution >= 4 is 5.91 Å². The van der Waals surface area contributed by atoms with E-state index in [1.54, 1.807) is 24.3 Å². The Hall–Kier alpha value is -1.35. The Labute approximate surface area is 66.1 Å². The van der Waals surface area contributed by atoms with Crippen LogP contribution < -0.4 is 11.5 Å². The fraction of sp³-hybridized carbons (Fsp3) is 0.125. The van der Waals surface area contributed by atoms with Crippen LogP contribution in [-0.2, 0) is 4.79 Å². The Morgan fingerprint density at radius 2 is 2.09 bits per heavy atom. The van der Waals surface area contributed by atoms with Gasteiger partial charge in [-0.1, -0.05) is 30.9 Å². The molecule has 0 heterocycles. The molecule has 0 fully saturated rings. The van der Waals surface area contributed by atoms with E-state index in [1.165, 1.54) is 0 Å². The molecule has 0 radical (unpaired) electrons. The van der Waals surface area contributed by atoms with Gasteiger partial charge in [-0.15, -0.1) is 0 Å². The number of primary amides is 1. The van der Waals surface area contributed by atoms with Crippen LogP contribution in [0.3, 0.4) is 0 Å². The first-order chi connectivity index (χ1) is 5.22. The first-order valence-electron chi connectivity index (χ1n) is 3.20. The third-order valence-corrected chi connectivity index (χ3v) is 1.08. The van der Waals surface area contributed by atoms with Crippen molar-refractivity contribution in [1.82, 2.24) is 0 Å². The van der Waals surface area contributed by atoms with Gasteiger partial charge in [0, 0.05) is 12.1 Å². The molecular formula is C8H12N2O. The molecule has 0 rings (SSSR count). The van der Waals surface area contributed by atoms with Gasteiger partial charge in [0.15, 0.2) is 0 Å². The summed E-state index contributed by atoms with van der Waals surface area (Å²) >= 11 is 0. The molecule has 0 aromatic carbocycles. The summed E-state index contributed by atoms with van der Waals surface area (Å²) in [6.45, 7) is 3.63. The van der Waals surface area contributed by atoms with Gasteiger partial charge < -0.3 is 11.5 Å². The maximum Gasteiger partial charge on any atom is 0.245 e. The molecule has 3 nitrogen and oxygen atoms in total. The van der Waals surface area contributed by atoms with E-state index in [-0.39, 0.29) is 6.54 Å². The van der Waals surface area contributed by atoms with Crippen LogP contribution in [0.15, 0.2) is 36.5 Å². The van der Waals surface area contributed by atoms with Crippen LogP contribution in [0.4, 0.5) is 0 Å². The number of hydrogen-bond acceptors (Lipinski definition) is 2.